The molecule has 0 unspecified atom stereocenters. The van der Waals surface area contributed by atoms with Crippen molar-refractivity contribution in [3.8, 4) is 11.8 Å². The second-order valence-corrected chi connectivity index (χ2v) is 7.06. The SMILES string of the molecule is COc1cc(C(=O)/C=C\c2cccc(C#N)c2)ccc1S(C)(=O)=O. The van der Waals surface area contributed by atoms with E-state index >= 15 is 0 Å². The fourth-order valence-corrected chi connectivity index (χ4v) is 2.93. The molecule has 0 saturated heterocycles. The van der Waals surface area contributed by atoms with Crippen LogP contribution >= 0.6 is 0 Å². The van der Waals surface area contributed by atoms with Crippen LogP contribution in [0.25, 0.3) is 6.08 Å². The number of methoxy groups -OCH3 is 1. The number of hydrogen-bond acceptors (Lipinski definition) is 5. The van der Waals surface area contributed by atoms with Gasteiger partial charge in [0.25, 0.3) is 0 Å². The summed E-state index contributed by atoms with van der Waals surface area (Å²) in [6.07, 6.45) is 4.04. The van der Waals surface area contributed by atoms with Crippen molar-refractivity contribution >= 4 is 21.7 Å². The minimum Gasteiger partial charge on any atom is -0.495 e. The van der Waals surface area contributed by atoms with E-state index < -0.39 is 9.84 Å². The van der Waals surface area contributed by atoms with Gasteiger partial charge >= 0.3 is 0 Å². The summed E-state index contributed by atoms with van der Waals surface area (Å²) < 4.78 is 28.4. The first-order valence-electron chi connectivity index (χ1n) is 6.96. The number of rotatable bonds is 5. The number of ether oxygens (including phenoxy) is 1. The van der Waals surface area contributed by atoms with Crippen LogP contribution in [-0.4, -0.2) is 27.6 Å². The highest BCUT2D eigenvalue weighted by molar-refractivity contribution is 7.90. The van der Waals surface area contributed by atoms with Crippen LogP contribution in [0.5, 0.6) is 5.75 Å². The van der Waals surface area contributed by atoms with E-state index in [0.29, 0.717) is 11.1 Å². The Bertz CT molecular complexity index is 953. The minimum atomic E-state index is -3.44. The van der Waals surface area contributed by atoms with Gasteiger partial charge in [-0.15, -0.1) is 0 Å². The van der Waals surface area contributed by atoms with Crippen LogP contribution in [0, 0.1) is 11.3 Å². The molecule has 5 nitrogen and oxygen atoms in total. The molecular formula is C18H15NO4S. The van der Waals surface area contributed by atoms with Crippen molar-refractivity contribution in [2.45, 2.75) is 4.90 Å². The van der Waals surface area contributed by atoms with Gasteiger partial charge in [-0.1, -0.05) is 18.2 Å². The molecule has 0 aliphatic heterocycles. The van der Waals surface area contributed by atoms with Crippen molar-refractivity contribution in [3.05, 3.63) is 65.2 Å². The number of ketones is 1. The van der Waals surface area contributed by atoms with Crippen molar-refractivity contribution < 1.29 is 17.9 Å². The molecule has 0 atom stereocenters. The molecule has 2 rings (SSSR count). The van der Waals surface area contributed by atoms with Gasteiger partial charge in [-0.25, -0.2) is 8.42 Å². The molecule has 0 amide bonds. The van der Waals surface area contributed by atoms with Crippen LogP contribution < -0.4 is 4.74 Å². The zero-order valence-electron chi connectivity index (χ0n) is 13.2. The molecule has 2 aromatic rings. The zero-order chi connectivity index (χ0) is 17.7. The van der Waals surface area contributed by atoms with Gasteiger partial charge < -0.3 is 4.74 Å². The molecule has 0 aromatic heterocycles. The standard InChI is InChI=1S/C18H15NO4S/c1-23-17-11-15(7-9-18(17)24(2,21)22)16(20)8-6-13-4-3-5-14(10-13)12-19/h3-11H,1-2H3/b8-6-. The van der Waals surface area contributed by atoms with Crippen molar-refractivity contribution in [3.63, 3.8) is 0 Å². The summed E-state index contributed by atoms with van der Waals surface area (Å²) in [7, 11) is -2.09. The van der Waals surface area contributed by atoms with Gasteiger partial charge in [0.1, 0.15) is 10.6 Å². The third-order valence-corrected chi connectivity index (χ3v) is 4.43. The highest BCUT2D eigenvalue weighted by atomic mass is 32.2. The summed E-state index contributed by atoms with van der Waals surface area (Å²) in [5.74, 6) is -0.168. The van der Waals surface area contributed by atoms with E-state index in [1.54, 1.807) is 30.3 Å². The lowest BCUT2D eigenvalue weighted by molar-refractivity contribution is 0.104. The van der Waals surface area contributed by atoms with Crippen molar-refractivity contribution in [2.24, 2.45) is 0 Å². The number of nitrogens with zero attached hydrogens (tertiary/aromatic N) is 1. The fourth-order valence-electron chi connectivity index (χ4n) is 2.11. The number of carbonyl (C=O) groups is 1. The summed E-state index contributed by atoms with van der Waals surface area (Å²) in [5.41, 5.74) is 1.54. The number of carbonyl (C=O) groups excluding carboxylic acids is 1. The first-order chi connectivity index (χ1) is 11.3. The van der Waals surface area contributed by atoms with E-state index in [4.69, 9.17) is 10.00 Å². The third kappa shape index (κ3) is 4.09. The van der Waals surface area contributed by atoms with E-state index in [0.717, 1.165) is 11.8 Å². The number of nitriles is 1. The fraction of sp³-hybridized carbons (Fsp3) is 0.111. The lowest BCUT2D eigenvalue weighted by Crippen LogP contribution is -2.03. The van der Waals surface area contributed by atoms with Gasteiger partial charge in [0.2, 0.25) is 0 Å². The maximum atomic E-state index is 12.2. The Kier molecular flexibility index (Phi) is 5.17. The molecule has 0 spiro atoms. The number of sulfone groups is 1. The van der Waals surface area contributed by atoms with Gasteiger partial charge in [-0.05, 0) is 42.0 Å². The van der Waals surface area contributed by atoms with Crippen LogP contribution in [0.4, 0.5) is 0 Å². The Labute approximate surface area is 140 Å². The van der Waals surface area contributed by atoms with Crippen LogP contribution in [0.3, 0.4) is 0 Å². The topological polar surface area (TPSA) is 84.2 Å². The Balaban J connectivity index is 2.30. The third-order valence-electron chi connectivity index (χ3n) is 3.29. The minimum absolute atomic E-state index is 0.0345. The molecule has 0 heterocycles. The Morgan fingerprint density at radius 3 is 2.58 bits per heavy atom. The summed E-state index contributed by atoms with van der Waals surface area (Å²) in [5, 5.41) is 8.86. The molecule has 24 heavy (non-hydrogen) atoms. The van der Waals surface area contributed by atoms with Crippen molar-refractivity contribution in [1.29, 1.82) is 5.26 Å². The summed E-state index contributed by atoms with van der Waals surface area (Å²) in [6.45, 7) is 0. The molecule has 0 saturated carbocycles. The lowest BCUT2D eigenvalue weighted by Gasteiger charge is -2.08. The summed E-state index contributed by atoms with van der Waals surface area (Å²) in [4.78, 5) is 12.3. The smallest absolute Gasteiger partial charge is 0.185 e. The molecule has 122 valence electrons. The largest absolute Gasteiger partial charge is 0.495 e. The van der Waals surface area contributed by atoms with Crippen LogP contribution in [0.15, 0.2) is 53.4 Å². The highest BCUT2D eigenvalue weighted by Crippen LogP contribution is 2.25. The molecule has 0 aliphatic rings. The highest BCUT2D eigenvalue weighted by Gasteiger charge is 2.16. The predicted molar refractivity (Wildman–Crippen MR) is 90.6 cm³/mol. The summed E-state index contributed by atoms with van der Waals surface area (Å²) in [6, 6.07) is 13.1. The number of benzene rings is 2. The maximum absolute atomic E-state index is 12.2. The molecule has 0 fully saturated rings. The molecule has 0 N–H and O–H groups in total. The van der Waals surface area contributed by atoms with E-state index in [2.05, 4.69) is 0 Å². The average Bonchev–Trinajstić information content (AvgIpc) is 2.58. The normalized spacial score (nSPS) is 11.2. The Hall–Kier alpha value is -2.91. The van der Waals surface area contributed by atoms with Crippen molar-refractivity contribution in [1.82, 2.24) is 0 Å². The zero-order valence-corrected chi connectivity index (χ0v) is 14.0. The molecule has 0 bridgehead atoms. The van der Waals surface area contributed by atoms with Crippen LogP contribution in [0.1, 0.15) is 21.5 Å². The monoisotopic (exact) mass is 341 g/mol. The van der Waals surface area contributed by atoms with E-state index in [9.17, 15) is 13.2 Å². The van der Waals surface area contributed by atoms with Crippen LogP contribution in [-0.2, 0) is 9.84 Å². The maximum Gasteiger partial charge on any atom is 0.185 e. The molecule has 2 aromatic carbocycles. The molecule has 0 radical (unpaired) electrons. The van der Waals surface area contributed by atoms with Gasteiger partial charge in [0.15, 0.2) is 15.6 Å². The molecular weight excluding hydrogens is 326 g/mol. The van der Waals surface area contributed by atoms with Gasteiger partial charge in [-0.3, -0.25) is 4.79 Å². The van der Waals surface area contributed by atoms with Crippen molar-refractivity contribution in [2.75, 3.05) is 13.4 Å². The summed E-state index contributed by atoms with van der Waals surface area (Å²) >= 11 is 0. The number of allylic oxidation sites excluding steroid dienone is 1. The number of hydrogen-bond donors (Lipinski definition) is 0. The van der Waals surface area contributed by atoms with E-state index in [1.165, 1.54) is 31.4 Å². The van der Waals surface area contributed by atoms with Gasteiger partial charge in [0, 0.05) is 11.8 Å². The Morgan fingerprint density at radius 1 is 1.21 bits per heavy atom. The Morgan fingerprint density at radius 2 is 1.96 bits per heavy atom. The first-order valence-corrected chi connectivity index (χ1v) is 8.85. The van der Waals surface area contributed by atoms with Gasteiger partial charge in [0.05, 0.1) is 18.7 Å². The first kappa shape index (κ1) is 17.4. The van der Waals surface area contributed by atoms with E-state index in [-0.39, 0.29) is 16.4 Å². The predicted octanol–water partition coefficient (Wildman–Crippen LogP) is 2.87. The van der Waals surface area contributed by atoms with Crippen LogP contribution in [0.2, 0.25) is 0 Å². The lowest BCUT2D eigenvalue weighted by atomic mass is 10.1. The second-order valence-electron chi connectivity index (χ2n) is 5.07. The molecule has 6 heteroatoms. The average molecular weight is 341 g/mol. The van der Waals surface area contributed by atoms with Gasteiger partial charge in [-0.2, -0.15) is 5.26 Å². The quantitative estimate of drug-likeness (QED) is 0.617. The molecule has 0 aliphatic carbocycles. The van der Waals surface area contributed by atoms with E-state index in [1.807, 2.05) is 6.07 Å². The second kappa shape index (κ2) is 7.11.